The molecule has 0 saturated heterocycles. The summed E-state index contributed by atoms with van der Waals surface area (Å²) in [5.41, 5.74) is 0.0660. The van der Waals surface area contributed by atoms with Crippen molar-refractivity contribution in [2.45, 2.75) is 4.90 Å². The molecule has 0 spiro atoms. The number of benzene rings is 2. The van der Waals surface area contributed by atoms with Crippen LogP contribution in [0.1, 0.15) is 10.4 Å². The lowest BCUT2D eigenvalue weighted by atomic mass is 10.2. The molecule has 0 heterocycles. The Labute approximate surface area is 151 Å². The largest absolute Gasteiger partial charge is 0.496 e. The summed E-state index contributed by atoms with van der Waals surface area (Å²) in [6, 6.07) is 11.0. The number of methoxy groups -OCH3 is 2. The van der Waals surface area contributed by atoms with Crippen molar-refractivity contribution in [3.63, 3.8) is 0 Å². The Morgan fingerprint density at radius 2 is 1.69 bits per heavy atom. The van der Waals surface area contributed by atoms with E-state index < -0.39 is 15.9 Å². The average molecular weight is 380 g/mol. The van der Waals surface area contributed by atoms with E-state index in [1.807, 2.05) is 6.07 Å². The zero-order chi connectivity index (χ0) is 19.2. The SMILES string of the molecule is COc1ccccc1OCCNC(=O)c1cc(S(N)(=O)=O)ccc1OC. The molecule has 2 rings (SSSR count). The molecule has 26 heavy (non-hydrogen) atoms. The van der Waals surface area contributed by atoms with Crippen molar-refractivity contribution in [3.8, 4) is 17.2 Å². The van der Waals surface area contributed by atoms with Crippen LogP contribution < -0.4 is 24.7 Å². The average Bonchev–Trinajstić information content (AvgIpc) is 2.64. The van der Waals surface area contributed by atoms with Crippen molar-refractivity contribution < 1.29 is 27.4 Å². The molecular weight excluding hydrogens is 360 g/mol. The Morgan fingerprint density at radius 1 is 1.04 bits per heavy atom. The van der Waals surface area contributed by atoms with Gasteiger partial charge in [-0.05, 0) is 30.3 Å². The summed E-state index contributed by atoms with van der Waals surface area (Å²) in [6.07, 6.45) is 0. The molecule has 0 bridgehead atoms. The number of nitrogens with two attached hydrogens (primary N) is 1. The summed E-state index contributed by atoms with van der Waals surface area (Å²) >= 11 is 0. The highest BCUT2D eigenvalue weighted by atomic mass is 32.2. The maximum atomic E-state index is 12.3. The third-order valence-corrected chi connectivity index (χ3v) is 4.37. The first-order chi connectivity index (χ1) is 12.4. The zero-order valence-electron chi connectivity index (χ0n) is 14.4. The number of para-hydroxylation sites is 2. The first-order valence-electron chi connectivity index (χ1n) is 7.61. The van der Waals surface area contributed by atoms with Crippen LogP contribution in [-0.4, -0.2) is 41.7 Å². The van der Waals surface area contributed by atoms with E-state index in [9.17, 15) is 13.2 Å². The van der Waals surface area contributed by atoms with E-state index in [2.05, 4.69) is 5.32 Å². The number of ether oxygens (including phenoxy) is 3. The lowest BCUT2D eigenvalue weighted by molar-refractivity contribution is 0.0943. The van der Waals surface area contributed by atoms with Crippen molar-refractivity contribution in [2.75, 3.05) is 27.4 Å². The predicted octanol–water partition coefficient (Wildman–Crippen LogP) is 1.16. The fourth-order valence-corrected chi connectivity index (χ4v) is 2.74. The Morgan fingerprint density at radius 3 is 2.31 bits per heavy atom. The first-order valence-corrected chi connectivity index (χ1v) is 9.16. The summed E-state index contributed by atoms with van der Waals surface area (Å²) in [4.78, 5) is 12.2. The zero-order valence-corrected chi connectivity index (χ0v) is 15.2. The number of primary sulfonamides is 1. The normalized spacial score (nSPS) is 10.9. The van der Waals surface area contributed by atoms with Crippen LogP contribution in [0.25, 0.3) is 0 Å². The molecule has 0 aromatic heterocycles. The molecule has 9 heteroatoms. The minimum atomic E-state index is -3.93. The smallest absolute Gasteiger partial charge is 0.255 e. The predicted molar refractivity (Wildman–Crippen MR) is 95.2 cm³/mol. The number of carbonyl (C=O) groups excluding carboxylic acids is 1. The Bertz CT molecular complexity index is 883. The number of hydrogen-bond acceptors (Lipinski definition) is 6. The van der Waals surface area contributed by atoms with Gasteiger partial charge in [-0.25, -0.2) is 13.6 Å². The quantitative estimate of drug-likeness (QED) is 0.664. The van der Waals surface area contributed by atoms with Crippen LogP contribution in [0.5, 0.6) is 17.2 Å². The van der Waals surface area contributed by atoms with Gasteiger partial charge in [0.1, 0.15) is 12.4 Å². The van der Waals surface area contributed by atoms with Gasteiger partial charge in [-0.3, -0.25) is 4.79 Å². The van der Waals surface area contributed by atoms with Crippen LogP contribution in [0.3, 0.4) is 0 Å². The van der Waals surface area contributed by atoms with Crippen LogP contribution in [0.15, 0.2) is 47.4 Å². The molecule has 2 aromatic rings. The van der Waals surface area contributed by atoms with Crippen molar-refractivity contribution >= 4 is 15.9 Å². The molecule has 0 aliphatic heterocycles. The highest BCUT2D eigenvalue weighted by Gasteiger charge is 2.17. The third-order valence-electron chi connectivity index (χ3n) is 3.46. The van der Waals surface area contributed by atoms with Crippen LogP contribution in [0.2, 0.25) is 0 Å². The van der Waals surface area contributed by atoms with Gasteiger partial charge in [0.2, 0.25) is 10.0 Å². The van der Waals surface area contributed by atoms with Crippen molar-refractivity contribution in [2.24, 2.45) is 5.14 Å². The maximum absolute atomic E-state index is 12.3. The molecular formula is C17H20N2O6S. The van der Waals surface area contributed by atoms with Gasteiger partial charge >= 0.3 is 0 Å². The number of nitrogens with one attached hydrogen (secondary N) is 1. The molecule has 8 nitrogen and oxygen atoms in total. The highest BCUT2D eigenvalue weighted by Crippen LogP contribution is 2.25. The molecule has 0 saturated carbocycles. The van der Waals surface area contributed by atoms with Gasteiger partial charge in [0.05, 0.1) is 31.2 Å². The van der Waals surface area contributed by atoms with Crippen molar-refractivity contribution in [3.05, 3.63) is 48.0 Å². The van der Waals surface area contributed by atoms with Gasteiger partial charge in [0, 0.05) is 0 Å². The lowest BCUT2D eigenvalue weighted by Gasteiger charge is -2.12. The van der Waals surface area contributed by atoms with Gasteiger partial charge in [-0.2, -0.15) is 0 Å². The monoisotopic (exact) mass is 380 g/mol. The van der Waals surface area contributed by atoms with E-state index in [4.69, 9.17) is 19.3 Å². The summed E-state index contributed by atoms with van der Waals surface area (Å²) < 4.78 is 38.7. The molecule has 140 valence electrons. The number of amides is 1. The minimum absolute atomic E-state index is 0.0660. The molecule has 0 radical (unpaired) electrons. The van der Waals surface area contributed by atoms with E-state index >= 15 is 0 Å². The van der Waals surface area contributed by atoms with Gasteiger partial charge in [0.15, 0.2) is 11.5 Å². The minimum Gasteiger partial charge on any atom is -0.496 e. The van der Waals surface area contributed by atoms with Crippen LogP contribution >= 0.6 is 0 Å². The van der Waals surface area contributed by atoms with Gasteiger partial charge in [-0.15, -0.1) is 0 Å². The van der Waals surface area contributed by atoms with Gasteiger partial charge < -0.3 is 19.5 Å². The number of rotatable bonds is 8. The van der Waals surface area contributed by atoms with Gasteiger partial charge in [-0.1, -0.05) is 12.1 Å². The van der Waals surface area contributed by atoms with Crippen molar-refractivity contribution in [1.82, 2.24) is 5.32 Å². The van der Waals surface area contributed by atoms with E-state index in [0.717, 1.165) is 0 Å². The molecule has 0 atom stereocenters. The third kappa shape index (κ3) is 4.87. The van der Waals surface area contributed by atoms with Crippen LogP contribution in [-0.2, 0) is 10.0 Å². The van der Waals surface area contributed by atoms with E-state index in [1.54, 1.807) is 18.2 Å². The van der Waals surface area contributed by atoms with Crippen LogP contribution in [0.4, 0.5) is 0 Å². The van der Waals surface area contributed by atoms with Gasteiger partial charge in [0.25, 0.3) is 5.91 Å². The number of hydrogen-bond donors (Lipinski definition) is 2. The standard InChI is InChI=1S/C17H20N2O6S/c1-23-14-8-7-12(26(18,21)22)11-13(14)17(20)19-9-10-25-16-6-4-3-5-15(16)24-2/h3-8,11H,9-10H2,1-2H3,(H,19,20)(H2,18,21,22). The summed E-state index contributed by atoms with van der Waals surface area (Å²) in [6.45, 7) is 0.392. The maximum Gasteiger partial charge on any atom is 0.255 e. The first kappa shape index (κ1) is 19.5. The number of sulfonamides is 1. The second-order valence-corrected chi connectivity index (χ2v) is 6.72. The molecule has 0 unspecified atom stereocenters. The molecule has 0 aliphatic carbocycles. The fraction of sp³-hybridized carbons (Fsp3) is 0.235. The second-order valence-electron chi connectivity index (χ2n) is 5.16. The summed E-state index contributed by atoms with van der Waals surface area (Å²) in [5, 5.41) is 7.74. The molecule has 0 aliphatic rings. The molecule has 0 fully saturated rings. The topological polar surface area (TPSA) is 117 Å². The van der Waals surface area contributed by atoms with Crippen molar-refractivity contribution in [1.29, 1.82) is 0 Å². The van der Waals surface area contributed by atoms with E-state index in [-0.39, 0.29) is 29.4 Å². The Kier molecular flexibility index (Phi) is 6.42. The molecule has 2 aromatic carbocycles. The summed E-state index contributed by atoms with van der Waals surface area (Å²) in [7, 11) is -1.01. The van der Waals surface area contributed by atoms with E-state index in [0.29, 0.717) is 11.5 Å². The highest BCUT2D eigenvalue weighted by molar-refractivity contribution is 7.89. The number of carbonyl (C=O) groups is 1. The summed E-state index contributed by atoms with van der Waals surface area (Å²) in [5.74, 6) is 0.871. The second kappa shape index (κ2) is 8.54. The fourth-order valence-electron chi connectivity index (χ4n) is 2.20. The molecule has 3 N–H and O–H groups in total. The lowest BCUT2D eigenvalue weighted by Crippen LogP contribution is -2.28. The Hall–Kier alpha value is -2.78. The van der Waals surface area contributed by atoms with Crippen LogP contribution in [0, 0.1) is 0 Å². The Balaban J connectivity index is 2.01. The van der Waals surface area contributed by atoms with E-state index in [1.165, 1.54) is 32.4 Å². The molecule has 1 amide bonds.